The topological polar surface area (TPSA) is 113 Å². The summed E-state index contributed by atoms with van der Waals surface area (Å²) in [5, 5.41) is 31.0. The Balaban J connectivity index is 2.00. The lowest BCUT2D eigenvalue weighted by Crippen LogP contribution is -2.33. The molecule has 19 heavy (non-hydrogen) atoms. The summed E-state index contributed by atoms with van der Waals surface area (Å²) in [5.41, 5.74) is 1.18. The van der Waals surface area contributed by atoms with E-state index in [1.807, 2.05) is 0 Å². The Morgan fingerprint density at radius 2 is 2.11 bits per heavy atom. The van der Waals surface area contributed by atoms with Gasteiger partial charge in [0, 0.05) is 12.1 Å². The van der Waals surface area contributed by atoms with Crippen LogP contribution in [-0.2, 0) is 0 Å². The molecule has 1 heterocycles. The van der Waals surface area contributed by atoms with Crippen LogP contribution in [0.25, 0.3) is 5.69 Å². The SMILES string of the molecule is O=C(NCC(O)CO)c1ccc(-n2cnnn2)cc1. The first-order valence-electron chi connectivity index (χ1n) is 5.61. The molecule has 2 aromatic rings. The van der Waals surface area contributed by atoms with Crippen molar-refractivity contribution >= 4 is 5.91 Å². The second kappa shape index (κ2) is 6.03. The molecule has 1 aromatic carbocycles. The fraction of sp³-hybridized carbons (Fsp3) is 0.273. The van der Waals surface area contributed by atoms with Gasteiger partial charge in [-0.3, -0.25) is 4.79 Å². The van der Waals surface area contributed by atoms with Gasteiger partial charge in [-0.1, -0.05) is 0 Å². The first-order valence-corrected chi connectivity index (χ1v) is 5.61. The van der Waals surface area contributed by atoms with E-state index in [0.29, 0.717) is 5.56 Å². The predicted octanol–water partition coefficient (Wildman–Crippen LogP) is -1.25. The molecule has 1 unspecified atom stereocenters. The summed E-state index contributed by atoms with van der Waals surface area (Å²) in [4.78, 5) is 11.7. The van der Waals surface area contributed by atoms with Gasteiger partial charge in [0.15, 0.2) is 0 Å². The number of carbonyl (C=O) groups excluding carboxylic acids is 1. The van der Waals surface area contributed by atoms with E-state index < -0.39 is 12.7 Å². The zero-order valence-corrected chi connectivity index (χ0v) is 9.97. The van der Waals surface area contributed by atoms with Crippen LogP contribution in [0.1, 0.15) is 10.4 Å². The molecule has 1 aromatic heterocycles. The number of hydrogen-bond donors (Lipinski definition) is 3. The van der Waals surface area contributed by atoms with Gasteiger partial charge in [0.1, 0.15) is 6.33 Å². The lowest BCUT2D eigenvalue weighted by atomic mass is 10.2. The monoisotopic (exact) mass is 263 g/mol. The fourth-order valence-electron chi connectivity index (χ4n) is 1.42. The van der Waals surface area contributed by atoms with Crippen LogP contribution >= 0.6 is 0 Å². The van der Waals surface area contributed by atoms with E-state index in [4.69, 9.17) is 10.2 Å². The van der Waals surface area contributed by atoms with E-state index in [1.165, 1.54) is 11.0 Å². The molecule has 0 aliphatic rings. The number of hydrogen-bond acceptors (Lipinski definition) is 6. The number of rotatable bonds is 5. The summed E-state index contributed by atoms with van der Waals surface area (Å²) in [5.74, 6) is -0.323. The van der Waals surface area contributed by atoms with Crippen molar-refractivity contribution in [3.05, 3.63) is 36.2 Å². The molecule has 0 fully saturated rings. The Morgan fingerprint density at radius 1 is 1.37 bits per heavy atom. The number of tetrazole rings is 1. The van der Waals surface area contributed by atoms with Crippen LogP contribution < -0.4 is 5.32 Å². The molecule has 8 nitrogen and oxygen atoms in total. The number of amides is 1. The van der Waals surface area contributed by atoms with Crippen LogP contribution in [-0.4, -0.2) is 55.6 Å². The number of carbonyl (C=O) groups is 1. The summed E-state index contributed by atoms with van der Waals surface area (Å²) in [7, 11) is 0. The zero-order chi connectivity index (χ0) is 13.7. The van der Waals surface area contributed by atoms with Crippen molar-refractivity contribution in [2.24, 2.45) is 0 Å². The molecule has 0 aliphatic heterocycles. The summed E-state index contributed by atoms with van der Waals surface area (Å²) < 4.78 is 1.47. The maximum Gasteiger partial charge on any atom is 0.251 e. The van der Waals surface area contributed by atoms with Gasteiger partial charge in [-0.05, 0) is 34.7 Å². The molecule has 0 radical (unpaired) electrons. The van der Waals surface area contributed by atoms with E-state index in [-0.39, 0.29) is 12.5 Å². The van der Waals surface area contributed by atoms with Gasteiger partial charge in [0.2, 0.25) is 0 Å². The smallest absolute Gasteiger partial charge is 0.251 e. The Bertz CT molecular complexity index is 526. The number of benzene rings is 1. The van der Waals surface area contributed by atoms with E-state index in [0.717, 1.165) is 5.69 Å². The Labute approximate surface area is 108 Å². The van der Waals surface area contributed by atoms with Crippen LogP contribution in [0.5, 0.6) is 0 Å². The first kappa shape index (κ1) is 13.1. The molecule has 1 atom stereocenters. The minimum atomic E-state index is -0.954. The highest BCUT2D eigenvalue weighted by atomic mass is 16.3. The molecular weight excluding hydrogens is 250 g/mol. The number of nitrogens with one attached hydrogen (secondary N) is 1. The van der Waals surface area contributed by atoms with E-state index >= 15 is 0 Å². The summed E-state index contributed by atoms with van der Waals surface area (Å²) >= 11 is 0. The van der Waals surface area contributed by atoms with Gasteiger partial charge in [-0.25, -0.2) is 4.68 Å². The largest absolute Gasteiger partial charge is 0.394 e. The third kappa shape index (κ3) is 3.33. The summed E-state index contributed by atoms with van der Waals surface area (Å²) in [6.07, 6.45) is 0.497. The molecule has 8 heteroatoms. The Morgan fingerprint density at radius 3 is 2.68 bits per heavy atom. The molecule has 3 N–H and O–H groups in total. The van der Waals surface area contributed by atoms with E-state index in [9.17, 15) is 4.79 Å². The normalized spacial score (nSPS) is 12.1. The van der Waals surface area contributed by atoms with Crippen LogP contribution in [0, 0.1) is 0 Å². The molecule has 0 saturated heterocycles. The van der Waals surface area contributed by atoms with Crippen molar-refractivity contribution in [3.8, 4) is 5.69 Å². The minimum Gasteiger partial charge on any atom is -0.394 e. The molecular formula is C11H13N5O3. The summed E-state index contributed by atoms with van der Waals surface area (Å²) in [6, 6.07) is 6.65. The van der Waals surface area contributed by atoms with Crippen molar-refractivity contribution in [2.45, 2.75) is 6.10 Å². The third-order valence-electron chi connectivity index (χ3n) is 2.45. The lowest BCUT2D eigenvalue weighted by Gasteiger charge is -2.09. The van der Waals surface area contributed by atoms with Gasteiger partial charge in [-0.15, -0.1) is 5.10 Å². The fourth-order valence-corrected chi connectivity index (χ4v) is 1.42. The van der Waals surface area contributed by atoms with Crippen LogP contribution in [0.15, 0.2) is 30.6 Å². The molecule has 0 bridgehead atoms. The third-order valence-corrected chi connectivity index (χ3v) is 2.45. The van der Waals surface area contributed by atoms with Crippen molar-refractivity contribution < 1.29 is 15.0 Å². The molecule has 0 saturated carbocycles. The lowest BCUT2D eigenvalue weighted by molar-refractivity contribution is 0.0802. The van der Waals surface area contributed by atoms with E-state index in [1.54, 1.807) is 24.3 Å². The van der Waals surface area contributed by atoms with E-state index in [2.05, 4.69) is 20.8 Å². The van der Waals surface area contributed by atoms with Crippen LogP contribution in [0.4, 0.5) is 0 Å². The predicted molar refractivity (Wildman–Crippen MR) is 64.6 cm³/mol. The molecule has 0 aliphatic carbocycles. The maximum absolute atomic E-state index is 11.7. The summed E-state index contributed by atoms with van der Waals surface area (Å²) in [6.45, 7) is -0.386. The highest BCUT2D eigenvalue weighted by Gasteiger charge is 2.08. The van der Waals surface area contributed by atoms with Crippen molar-refractivity contribution in [1.82, 2.24) is 25.5 Å². The Hall–Kier alpha value is -2.32. The van der Waals surface area contributed by atoms with Gasteiger partial charge < -0.3 is 15.5 Å². The second-order valence-corrected chi connectivity index (χ2v) is 3.85. The van der Waals surface area contributed by atoms with Gasteiger partial charge >= 0.3 is 0 Å². The Kier molecular flexibility index (Phi) is 4.16. The van der Waals surface area contributed by atoms with Crippen molar-refractivity contribution in [1.29, 1.82) is 0 Å². The number of aliphatic hydroxyl groups is 2. The average Bonchev–Trinajstić information content (AvgIpc) is 2.98. The second-order valence-electron chi connectivity index (χ2n) is 3.85. The quantitative estimate of drug-likeness (QED) is 0.621. The molecule has 1 amide bonds. The van der Waals surface area contributed by atoms with Crippen molar-refractivity contribution in [2.75, 3.05) is 13.2 Å². The highest BCUT2D eigenvalue weighted by Crippen LogP contribution is 2.07. The standard InChI is InChI=1S/C11H13N5O3/c17-6-10(18)5-12-11(19)8-1-3-9(4-2-8)16-7-13-14-15-16/h1-4,7,10,17-18H,5-6H2,(H,12,19). The zero-order valence-electron chi connectivity index (χ0n) is 9.97. The molecule has 0 spiro atoms. The van der Waals surface area contributed by atoms with Crippen LogP contribution in [0.2, 0.25) is 0 Å². The van der Waals surface area contributed by atoms with Gasteiger partial charge in [0.25, 0.3) is 5.91 Å². The minimum absolute atomic E-state index is 0.00405. The first-order chi connectivity index (χ1) is 9.20. The van der Waals surface area contributed by atoms with Gasteiger partial charge in [-0.2, -0.15) is 0 Å². The average molecular weight is 263 g/mol. The highest BCUT2D eigenvalue weighted by molar-refractivity contribution is 5.94. The number of nitrogens with zero attached hydrogens (tertiary/aromatic N) is 4. The van der Waals surface area contributed by atoms with Crippen molar-refractivity contribution in [3.63, 3.8) is 0 Å². The molecule has 100 valence electrons. The number of aromatic nitrogens is 4. The van der Waals surface area contributed by atoms with Gasteiger partial charge in [0.05, 0.1) is 18.4 Å². The number of aliphatic hydroxyl groups excluding tert-OH is 2. The maximum atomic E-state index is 11.7. The molecule has 2 rings (SSSR count). The van der Waals surface area contributed by atoms with Crippen LogP contribution in [0.3, 0.4) is 0 Å².